The molecule has 220 valence electrons. The molecule has 0 aromatic heterocycles. The first-order valence-corrected chi connectivity index (χ1v) is 15.3. The zero-order chi connectivity index (χ0) is 30.2. The number of hydrogen-bond donors (Lipinski definition) is 1. The van der Waals surface area contributed by atoms with Gasteiger partial charge in [0, 0.05) is 18.1 Å². The first kappa shape index (κ1) is 32.0. The van der Waals surface area contributed by atoms with Crippen LogP contribution < -0.4 is 14.4 Å². The SMILES string of the molecule is CC[C@H](C(=O)NCC(C)C)N(Cc1ccccc1C)C(=O)CN(c1ccc(Cl)cc1)S(=O)(=O)c1ccc(OC)cc1. The molecule has 0 fully saturated rings. The van der Waals surface area contributed by atoms with Crippen molar-refractivity contribution in [1.82, 2.24) is 10.2 Å². The van der Waals surface area contributed by atoms with Gasteiger partial charge in [-0.25, -0.2) is 8.42 Å². The fourth-order valence-corrected chi connectivity index (χ4v) is 5.86. The fourth-order valence-electron chi connectivity index (χ4n) is 4.32. The molecule has 1 N–H and O–H groups in total. The Morgan fingerprint density at radius 3 is 2.17 bits per heavy atom. The number of ether oxygens (including phenoxy) is 1. The van der Waals surface area contributed by atoms with Gasteiger partial charge in [-0.05, 0) is 78.9 Å². The summed E-state index contributed by atoms with van der Waals surface area (Å²) in [5, 5.41) is 3.36. The number of anilines is 1. The minimum atomic E-state index is -4.19. The lowest BCUT2D eigenvalue weighted by molar-refractivity contribution is -0.140. The monoisotopic (exact) mass is 599 g/mol. The molecular formula is C31H38ClN3O5S. The van der Waals surface area contributed by atoms with Gasteiger partial charge in [0.25, 0.3) is 10.0 Å². The van der Waals surface area contributed by atoms with Crippen molar-refractivity contribution in [3.8, 4) is 5.75 Å². The Morgan fingerprint density at radius 1 is 0.976 bits per heavy atom. The van der Waals surface area contributed by atoms with Gasteiger partial charge in [0.05, 0.1) is 17.7 Å². The Labute approximate surface area is 248 Å². The Hall–Kier alpha value is -3.56. The van der Waals surface area contributed by atoms with Gasteiger partial charge in [-0.15, -0.1) is 0 Å². The third kappa shape index (κ3) is 8.24. The zero-order valence-corrected chi connectivity index (χ0v) is 25.7. The number of methoxy groups -OCH3 is 1. The van der Waals surface area contributed by atoms with Crippen LogP contribution in [0.1, 0.15) is 38.3 Å². The van der Waals surface area contributed by atoms with Gasteiger partial charge in [0.2, 0.25) is 11.8 Å². The van der Waals surface area contributed by atoms with Crippen LogP contribution in [0, 0.1) is 12.8 Å². The minimum absolute atomic E-state index is 0.00628. The van der Waals surface area contributed by atoms with E-state index in [1.165, 1.54) is 24.1 Å². The van der Waals surface area contributed by atoms with Crippen LogP contribution in [-0.2, 0) is 26.2 Å². The molecule has 2 amide bonds. The number of benzene rings is 3. The van der Waals surface area contributed by atoms with Crippen molar-refractivity contribution in [2.45, 2.75) is 51.6 Å². The quantitative estimate of drug-likeness (QED) is 0.283. The average molecular weight is 600 g/mol. The molecule has 0 bridgehead atoms. The van der Waals surface area contributed by atoms with Crippen molar-refractivity contribution in [1.29, 1.82) is 0 Å². The number of hydrogen-bond acceptors (Lipinski definition) is 5. The zero-order valence-electron chi connectivity index (χ0n) is 24.1. The number of rotatable bonds is 13. The molecule has 3 aromatic carbocycles. The molecule has 3 rings (SSSR count). The third-order valence-corrected chi connectivity index (χ3v) is 8.75. The Balaban J connectivity index is 2.05. The van der Waals surface area contributed by atoms with Gasteiger partial charge in [0.15, 0.2) is 0 Å². The molecule has 0 spiro atoms. The van der Waals surface area contributed by atoms with Crippen molar-refractivity contribution >= 4 is 39.1 Å². The van der Waals surface area contributed by atoms with E-state index in [0.29, 0.717) is 23.7 Å². The maximum atomic E-state index is 14.1. The molecule has 0 aliphatic rings. The number of amides is 2. The first-order chi connectivity index (χ1) is 19.5. The maximum Gasteiger partial charge on any atom is 0.264 e. The van der Waals surface area contributed by atoms with E-state index in [1.54, 1.807) is 36.4 Å². The summed E-state index contributed by atoms with van der Waals surface area (Å²) in [4.78, 5) is 28.9. The van der Waals surface area contributed by atoms with Gasteiger partial charge in [-0.3, -0.25) is 13.9 Å². The van der Waals surface area contributed by atoms with E-state index in [2.05, 4.69) is 5.32 Å². The second-order valence-corrected chi connectivity index (χ2v) is 12.5. The van der Waals surface area contributed by atoms with E-state index in [1.807, 2.05) is 52.0 Å². The van der Waals surface area contributed by atoms with E-state index in [9.17, 15) is 18.0 Å². The fraction of sp³-hybridized carbons (Fsp3) is 0.355. The van der Waals surface area contributed by atoms with E-state index in [0.717, 1.165) is 15.4 Å². The number of halogens is 1. The van der Waals surface area contributed by atoms with Gasteiger partial charge >= 0.3 is 0 Å². The van der Waals surface area contributed by atoms with Crippen molar-refractivity contribution in [2.24, 2.45) is 5.92 Å². The highest BCUT2D eigenvalue weighted by molar-refractivity contribution is 7.92. The molecule has 0 aliphatic heterocycles. The molecule has 0 aliphatic carbocycles. The van der Waals surface area contributed by atoms with E-state index in [-0.39, 0.29) is 29.0 Å². The number of nitrogens with one attached hydrogen (secondary N) is 1. The molecule has 0 saturated carbocycles. The van der Waals surface area contributed by atoms with Crippen LogP contribution in [0.15, 0.2) is 77.7 Å². The summed E-state index contributed by atoms with van der Waals surface area (Å²) >= 11 is 6.09. The summed E-state index contributed by atoms with van der Waals surface area (Å²) in [6.07, 6.45) is 0.355. The van der Waals surface area contributed by atoms with Gasteiger partial charge in [0.1, 0.15) is 18.3 Å². The summed E-state index contributed by atoms with van der Waals surface area (Å²) in [5.41, 5.74) is 2.10. The Kier molecular flexibility index (Phi) is 11.2. The van der Waals surface area contributed by atoms with Crippen molar-refractivity contribution in [2.75, 3.05) is 24.5 Å². The number of carbonyl (C=O) groups is 2. The summed E-state index contributed by atoms with van der Waals surface area (Å²) < 4.78 is 34.1. The molecule has 10 heteroatoms. The average Bonchev–Trinajstić information content (AvgIpc) is 2.96. The lowest BCUT2D eigenvalue weighted by atomic mass is 10.1. The minimum Gasteiger partial charge on any atom is -0.497 e. The number of carbonyl (C=O) groups excluding carboxylic acids is 2. The second-order valence-electron chi connectivity index (χ2n) is 10.2. The van der Waals surface area contributed by atoms with Crippen LogP contribution in [0.3, 0.4) is 0 Å². The van der Waals surface area contributed by atoms with Crippen molar-refractivity contribution in [3.63, 3.8) is 0 Å². The van der Waals surface area contributed by atoms with Gasteiger partial charge in [-0.1, -0.05) is 56.6 Å². The molecule has 0 saturated heterocycles. The second kappa shape index (κ2) is 14.4. The third-order valence-electron chi connectivity index (χ3n) is 6.71. The highest BCUT2D eigenvalue weighted by atomic mass is 35.5. The molecule has 3 aromatic rings. The van der Waals surface area contributed by atoms with Crippen molar-refractivity contribution in [3.05, 3.63) is 88.9 Å². The van der Waals surface area contributed by atoms with Crippen LogP contribution in [0.4, 0.5) is 5.69 Å². The van der Waals surface area contributed by atoms with E-state index < -0.39 is 28.5 Å². The van der Waals surface area contributed by atoms with Crippen LogP contribution in [0.5, 0.6) is 5.75 Å². The van der Waals surface area contributed by atoms with Crippen LogP contribution >= 0.6 is 11.6 Å². The Bertz CT molecular complexity index is 1430. The molecule has 0 unspecified atom stereocenters. The molecule has 8 nitrogen and oxygen atoms in total. The smallest absolute Gasteiger partial charge is 0.264 e. The van der Waals surface area contributed by atoms with Crippen LogP contribution in [0.25, 0.3) is 0 Å². The highest BCUT2D eigenvalue weighted by Gasteiger charge is 2.34. The largest absolute Gasteiger partial charge is 0.497 e. The predicted octanol–water partition coefficient (Wildman–Crippen LogP) is 5.43. The molecule has 41 heavy (non-hydrogen) atoms. The summed E-state index contributed by atoms with van der Waals surface area (Å²) in [6, 6.07) is 19.0. The predicted molar refractivity (Wildman–Crippen MR) is 163 cm³/mol. The summed E-state index contributed by atoms with van der Waals surface area (Å²) in [7, 11) is -2.70. The van der Waals surface area contributed by atoms with Gasteiger partial charge in [-0.2, -0.15) is 0 Å². The normalized spacial score (nSPS) is 12.1. The highest BCUT2D eigenvalue weighted by Crippen LogP contribution is 2.27. The Morgan fingerprint density at radius 2 is 1.61 bits per heavy atom. The molecule has 0 heterocycles. The van der Waals surface area contributed by atoms with E-state index in [4.69, 9.17) is 16.3 Å². The number of aryl methyl sites for hydroxylation is 1. The summed E-state index contributed by atoms with van der Waals surface area (Å²) in [5.74, 6) is -0.0568. The maximum absolute atomic E-state index is 14.1. The standard InChI is InChI=1S/C31H38ClN3O5S/c1-6-29(31(37)33-19-22(2)3)34(20-24-10-8-7-9-23(24)4)30(36)21-35(26-13-11-25(32)12-14-26)41(38,39)28-17-15-27(40-5)16-18-28/h7-18,22,29H,6,19-21H2,1-5H3,(H,33,37)/t29-/m1/s1. The van der Waals surface area contributed by atoms with Crippen LogP contribution in [-0.4, -0.2) is 51.4 Å². The van der Waals surface area contributed by atoms with E-state index >= 15 is 0 Å². The van der Waals surface area contributed by atoms with Crippen LogP contribution in [0.2, 0.25) is 5.02 Å². The molecule has 0 radical (unpaired) electrons. The topological polar surface area (TPSA) is 96.0 Å². The molecular weight excluding hydrogens is 562 g/mol. The van der Waals surface area contributed by atoms with Gasteiger partial charge < -0.3 is 15.0 Å². The lowest BCUT2D eigenvalue weighted by Crippen LogP contribution is -2.52. The number of nitrogens with zero attached hydrogens (tertiary/aromatic N) is 2. The molecule has 1 atom stereocenters. The first-order valence-electron chi connectivity index (χ1n) is 13.5. The lowest BCUT2D eigenvalue weighted by Gasteiger charge is -2.33. The number of sulfonamides is 1. The summed E-state index contributed by atoms with van der Waals surface area (Å²) in [6.45, 7) is 7.85. The van der Waals surface area contributed by atoms with Crippen molar-refractivity contribution < 1.29 is 22.7 Å².